The maximum absolute atomic E-state index is 5.62. The van der Waals surface area contributed by atoms with Crippen LogP contribution in [-0.4, -0.2) is 225 Å². The summed E-state index contributed by atoms with van der Waals surface area (Å²) in [5, 5.41) is 0. The van der Waals surface area contributed by atoms with E-state index in [4.69, 9.17) is 80.5 Å². The molecule has 2 atom stereocenters. The van der Waals surface area contributed by atoms with Crippen LogP contribution in [0.25, 0.3) is 0 Å². The highest BCUT2D eigenvalue weighted by molar-refractivity contribution is 4.84. The second kappa shape index (κ2) is 42.1. The minimum atomic E-state index is 0.0719. The Hall–Kier alpha value is -0.680. The predicted molar refractivity (Wildman–Crippen MR) is 184 cm³/mol. The van der Waals surface area contributed by atoms with Gasteiger partial charge in [-0.25, -0.2) is 0 Å². The average molecular weight is 749 g/mol. The van der Waals surface area contributed by atoms with Crippen molar-refractivity contribution in [1.82, 2.24) is 0 Å². The molecule has 0 spiro atoms. The Balaban J connectivity index is 1.64. The molecule has 1 heterocycles. The standard InChI is InChI=1S/C34H68O17/c1-35-3-5-37-7-9-39-11-13-41-15-17-43-19-21-45-23-25-47-27-29-49-31-33-34(51-33)32-50-30-28-48-26-24-46-22-20-44-18-16-42-14-12-40-10-8-38-6-4-36-2/h33-34H,3-32H2,1-2H3. The molecular weight excluding hydrogens is 680 g/mol. The molecule has 0 aromatic carbocycles. The van der Waals surface area contributed by atoms with Gasteiger partial charge >= 0.3 is 0 Å². The first-order valence-electron chi connectivity index (χ1n) is 18.1. The maximum atomic E-state index is 5.62. The third-order valence-corrected chi connectivity index (χ3v) is 6.58. The predicted octanol–water partition coefficient (Wildman–Crippen LogP) is 0.279. The Morgan fingerprint density at radius 1 is 0.235 bits per heavy atom. The van der Waals surface area contributed by atoms with Crippen LogP contribution < -0.4 is 0 Å². The third-order valence-electron chi connectivity index (χ3n) is 6.58. The summed E-state index contributed by atoms with van der Waals surface area (Å²) in [6.45, 7) is 15.9. The van der Waals surface area contributed by atoms with E-state index in [2.05, 4.69) is 0 Å². The fraction of sp³-hybridized carbons (Fsp3) is 1.00. The summed E-state index contributed by atoms with van der Waals surface area (Å²) in [7, 11) is 3.29. The van der Waals surface area contributed by atoms with Gasteiger partial charge in [-0.1, -0.05) is 0 Å². The lowest BCUT2D eigenvalue weighted by atomic mass is 10.3. The van der Waals surface area contributed by atoms with E-state index < -0.39 is 0 Å². The number of hydrogen-bond acceptors (Lipinski definition) is 17. The van der Waals surface area contributed by atoms with E-state index in [0.717, 1.165) is 0 Å². The van der Waals surface area contributed by atoms with Crippen molar-refractivity contribution in [3.8, 4) is 0 Å². The summed E-state index contributed by atoms with van der Waals surface area (Å²) < 4.78 is 91.9. The molecule has 0 saturated carbocycles. The van der Waals surface area contributed by atoms with Crippen LogP contribution in [0.2, 0.25) is 0 Å². The van der Waals surface area contributed by atoms with E-state index in [1.807, 2.05) is 0 Å². The summed E-state index contributed by atoms with van der Waals surface area (Å²) in [5.74, 6) is 0. The van der Waals surface area contributed by atoms with Gasteiger partial charge in [0.15, 0.2) is 0 Å². The van der Waals surface area contributed by atoms with Crippen LogP contribution in [0.3, 0.4) is 0 Å². The number of hydrogen-bond donors (Lipinski definition) is 0. The minimum Gasteiger partial charge on any atom is -0.382 e. The molecule has 0 N–H and O–H groups in total. The molecular formula is C34H68O17. The summed E-state index contributed by atoms with van der Waals surface area (Å²) in [4.78, 5) is 0. The third kappa shape index (κ3) is 38.8. The number of methoxy groups -OCH3 is 2. The lowest BCUT2D eigenvalue weighted by Gasteiger charge is -2.08. The first-order valence-corrected chi connectivity index (χ1v) is 18.1. The molecule has 17 nitrogen and oxygen atoms in total. The van der Waals surface area contributed by atoms with Crippen LogP contribution >= 0.6 is 0 Å². The minimum absolute atomic E-state index is 0.0719. The molecule has 1 aliphatic heterocycles. The largest absolute Gasteiger partial charge is 0.382 e. The second-order valence-electron chi connectivity index (χ2n) is 10.7. The Morgan fingerprint density at radius 3 is 0.569 bits per heavy atom. The van der Waals surface area contributed by atoms with Crippen molar-refractivity contribution in [2.75, 3.05) is 212 Å². The first-order chi connectivity index (χ1) is 25.4. The van der Waals surface area contributed by atoms with Gasteiger partial charge in [0, 0.05) is 14.2 Å². The smallest absolute Gasteiger partial charge is 0.110 e. The number of epoxide rings is 1. The Morgan fingerprint density at radius 2 is 0.392 bits per heavy atom. The Bertz CT molecular complexity index is 602. The van der Waals surface area contributed by atoms with Crippen molar-refractivity contribution in [2.45, 2.75) is 12.2 Å². The normalized spacial score (nSPS) is 15.6. The van der Waals surface area contributed by atoms with Gasteiger partial charge in [0.2, 0.25) is 0 Å². The summed E-state index contributed by atoms with van der Waals surface area (Å²) >= 11 is 0. The van der Waals surface area contributed by atoms with Gasteiger partial charge in [-0.3, -0.25) is 0 Å². The zero-order valence-corrected chi connectivity index (χ0v) is 31.3. The summed E-state index contributed by atoms with van der Waals surface area (Å²) in [6.07, 6.45) is 0.144. The van der Waals surface area contributed by atoms with Crippen LogP contribution in [-0.2, 0) is 80.5 Å². The molecule has 1 aliphatic rings. The van der Waals surface area contributed by atoms with E-state index in [1.165, 1.54) is 0 Å². The van der Waals surface area contributed by atoms with E-state index in [9.17, 15) is 0 Å². The maximum Gasteiger partial charge on any atom is 0.110 e. The molecule has 0 aliphatic carbocycles. The zero-order valence-electron chi connectivity index (χ0n) is 31.3. The molecule has 2 unspecified atom stereocenters. The van der Waals surface area contributed by atoms with Crippen LogP contribution in [0.15, 0.2) is 0 Å². The molecule has 0 aromatic rings. The van der Waals surface area contributed by atoms with Gasteiger partial charge < -0.3 is 80.5 Å². The van der Waals surface area contributed by atoms with Crippen molar-refractivity contribution in [1.29, 1.82) is 0 Å². The molecule has 1 rings (SSSR count). The molecule has 306 valence electrons. The van der Waals surface area contributed by atoms with E-state index in [-0.39, 0.29) is 12.2 Å². The Kier molecular flexibility index (Phi) is 39.9. The Labute approximate surface area is 305 Å². The molecule has 51 heavy (non-hydrogen) atoms. The summed E-state index contributed by atoms with van der Waals surface area (Å²) in [5.41, 5.74) is 0. The van der Waals surface area contributed by atoms with Gasteiger partial charge in [0.1, 0.15) is 12.2 Å². The van der Waals surface area contributed by atoms with Crippen LogP contribution in [0.5, 0.6) is 0 Å². The highest BCUT2D eigenvalue weighted by Crippen LogP contribution is 2.22. The van der Waals surface area contributed by atoms with Crippen molar-refractivity contribution in [3.63, 3.8) is 0 Å². The number of rotatable bonds is 46. The lowest BCUT2D eigenvalue weighted by Crippen LogP contribution is -2.16. The highest BCUT2D eigenvalue weighted by atomic mass is 16.6. The molecule has 1 fully saturated rings. The monoisotopic (exact) mass is 748 g/mol. The molecule has 1 saturated heterocycles. The molecule has 0 radical (unpaired) electrons. The topological polar surface area (TPSA) is 160 Å². The zero-order chi connectivity index (χ0) is 36.4. The van der Waals surface area contributed by atoms with Gasteiger partial charge in [-0.05, 0) is 0 Å². The van der Waals surface area contributed by atoms with Crippen LogP contribution in [0, 0.1) is 0 Å². The highest BCUT2D eigenvalue weighted by Gasteiger charge is 2.38. The molecule has 0 amide bonds. The fourth-order valence-corrected chi connectivity index (χ4v) is 3.79. The second-order valence-corrected chi connectivity index (χ2v) is 10.7. The van der Waals surface area contributed by atoms with Gasteiger partial charge in [-0.15, -0.1) is 0 Å². The van der Waals surface area contributed by atoms with Crippen LogP contribution in [0.4, 0.5) is 0 Å². The lowest BCUT2D eigenvalue weighted by molar-refractivity contribution is -0.0225. The number of ether oxygens (including phenoxy) is 17. The molecule has 17 heteroatoms. The quantitative estimate of drug-likeness (QED) is 0.0616. The molecule has 0 bridgehead atoms. The van der Waals surface area contributed by atoms with E-state index >= 15 is 0 Å². The van der Waals surface area contributed by atoms with Gasteiger partial charge in [0.05, 0.1) is 198 Å². The van der Waals surface area contributed by atoms with E-state index in [1.54, 1.807) is 14.2 Å². The van der Waals surface area contributed by atoms with Gasteiger partial charge in [0.25, 0.3) is 0 Å². The first kappa shape index (κ1) is 48.3. The molecule has 0 aromatic heterocycles. The SMILES string of the molecule is COCCOCCOCCOCCOCCOCCOCCOCC1OC1COCCOCCOCCOCCOCCOCCOCCOC. The average Bonchev–Trinajstić information content (AvgIpc) is 3.90. The van der Waals surface area contributed by atoms with E-state index in [0.29, 0.717) is 198 Å². The summed E-state index contributed by atoms with van der Waals surface area (Å²) in [6, 6.07) is 0. The van der Waals surface area contributed by atoms with Crippen molar-refractivity contribution in [2.24, 2.45) is 0 Å². The van der Waals surface area contributed by atoms with Crippen LogP contribution in [0.1, 0.15) is 0 Å². The van der Waals surface area contributed by atoms with Crippen molar-refractivity contribution < 1.29 is 80.5 Å². The van der Waals surface area contributed by atoms with Gasteiger partial charge in [-0.2, -0.15) is 0 Å². The van der Waals surface area contributed by atoms with Crippen molar-refractivity contribution >= 4 is 0 Å². The van der Waals surface area contributed by atoms with Crippen molar-refractivity contribution in [3.05, 3.63) is 0 Å². The fourth-order valence-electron chi connectivity index (χ4n) is 3.79.